The lowest BCUT2D eigenvalue weighted by atomic mass is 10.1. The molecule has 2 heterocycles. The predicted octanol–water partition coefficient (Wildman–Crippen LogP) is 3.62. The van der Waals surface area contributed by atoms with Gasteiger partial charge in [-0.3, -0.25) is 0 Å². The Balaban J connectivity index is 2.40. The molecule has 0 amide bonds. The van der Waals surface area contributed by atoms with E-state index in [9.17, 15) is 4.79 Å². The number of esters is 1. The maximum atomic E-state index is 12.0. The molecule has 0 aromatic carbocycles. The molecule has 2 rings (SSSR count). The SMILES string of the molecule is CC(C)OC(=O)c1c(-c2cccs2)csc1N. The van der Waals surface area contributed by atoms with E-state index < -0.39 is 0 Å². The second-order valence-electron chi connectivity index (χ2n) is 3.82. The van der Waals surface area contributed by atoms with Crippen molar-refractivity contribution in [1.82, 2.24) is 0 Å². The minimum absolute atomic E-state index is 0.141. The zero-order valence-electron chi connectivity index (χ0n) is 9.60. The summed E-state index contributed by atoms with van der Waals surface area (Å²) in [6.45, 7) is 3.65. The Kier molecular flexibility index (Phi) is 3.49. The molecule has 0 fully saturated rings. The molecule has 5 heteroatoms. The molecule has 0 bridgehead atoms. The normalized spacial score (nSPS) is 10.8. The molecule has 90 valence electrons. The Labute approximate surface area is 108 Å². The van der Waals surface area contributed by atoms with Crippen molar-refractivity contribution in [3.05, 3.63) is 28.5 Å². The molecule has 2 aromatic heterocycles. The van der Waals surface area contributed by atoms with Gasteiger partial charge >= 0.3 is 5.97 Å². The third-order valence-electron chi connectivity index (χ3n) is 2.15. The summed E-state index contributed by atoms with van der Waals surface area (Å²) in [6, 6.07) is 3.92. The molecule has 2 aromatic rings. The number of hydrogen-bond acceptors (Lipinski definition) is 5. The molecule has 0 aliphatic rings. The number of carbonyl (C=O) groups excluding carboxylic acids is 1. The van der Waals surface area contributed by atoms with E-state index in [0.29, 0.717) is 10.6 Å². The van der Waals surface area contributed by atoms with Crippen molar-refractivity contribution in [2.24, 2.45) is 0 Å². The van der Waals surface area contributed by atoms with Gasteiger partial charge in [-0.25, -0.2) is 4.79 Å². The highest BCUT2D eigenvalue weighted by atomic mass is 32.1. The molecule has 0 spiro atoms. The molecule has 2 N–H and O–H groups in total. The van der Waals surface area contributed by atoms with E-state index in [2.05, 4.69) is 0 Å². The lowest BCUT2D eigenvalue weighted by molar-refractivity contribution is 0.0380. The first-order valence-corrected chi connectivity index (χ1v) is 6.97. The van der Waals surface area contributed by atoms with Crippen LogP contribution < -0.4 is 5.73 Å². The van der Waals surface area contributed by atoms with Gasteiger partial charge in [0.05, 0.1) is 6.10 Å². The summed E-state index contributed by atoms with van der Waals surface area (Å²) in [5.74, 6) is -0.345. The van der Waals surface area contributed by atoms with Crippen LogP contribution >= 0.6 is 22.7 Å². The van der Waals surface area contributed by atoms with Crippen LogP contribution in [0, 0.1) is 0 Å². The van der Waals surface area contributed by atoms with Gasteiger partial charge in [0.15, 0.2) is 0 Å². The van der Waals surface area contributed by atoms with Crippen LogP contribution in [0.2, 0.25) is 0 Å². The number of nitrogens with two attached hydrogens (primary N) is 1. The molecule has 0 saturated carbocycles. The number of carbonyl (C=O) groups is 1. The maximum Gasteiger partial charge on any atom is 0.342 e. The van der Waals surface area contributed by atoms with Crippen LogP contribution in [0.25, 0.3) is 10.4 Å². The van der Waals surface area contributed by atoms with E-state index >= 15 is 0 Å². The highest BCUT2D eigenvalue weighted by Gasteiger charge is 2.21. The largest absolute Gasteiger partial charge is 0.459 e. The van der Waals surface area contributed by atoms with Gasteiger partial charge in [0.1, 0.15) is 10.6 Å². The number of anilines is 1. The van der Waals surface area contributed by atoms with Gasteiger partial charge in [-0.1, -0.05) is 6.07 Å². The summed E-state index contributed by atoms with van der Waals surface area (Å²) in [5, 5.41) is 4.39. The molecule has 0 aliphatic heterocycles. The van der Waals surface area contributed by atoms with Crippen molar-refractivity contribution >= 4 is 33.6 Å². The van der Waals surface area contributed by atoms with Gasteiger partial charge in [-0.15, -0.1) is 22.7 Å². The number of hydrogen-bond donors (Lipinski definition) is 1. The first-order valence-electron chi connectivity index (χ1n) is 5.21. The Morgan fingerprint density at radius 3 is 2.76 bits per heavy atom. The first-order chi connectivity index (χ1) is 8.09. The number of thiophene rings is 2. The van der Waals surface area contributed by atoms with Crippen molar-refractivity contribution in [2.75, 3.05) is 5.73 Å². The molecule has 0 aliphatic carbocycles. The van der Waals surface area contributed by atoms with Crippen LogP contribution in [0.15, 0.2) is 22.9 Å². The van der Waals surface area contributed by atoms with Gasteiger partial charge in [-0.05, 0) is 25.3 Å². The van der Waals surface area contributed by atoms with Crippen molar-refractivity contribution in [2.45, 2.75) is 20.0 Å². The van der Waals surface area contributed by atoms with E-state index in [0.717, 1.165) is 10.4 Å². The predicted molar refractivity (Wildman–Crippen MR) is 72.6 cm³/mol. The Morgan fingerprint density at radius 2 is 2.18 bits per heavy atom. The minimum Gasteiger partial charge on any atom is -0.459 e. The molecule has 0 saturated heterocycles. The second kappa shape index (κ2) is 4.89. The smallest absolute Gasteiger partial charge is 0.342 e. The summed E-state index contributed by atoms with van der Waals surface area (Å²) in [5.41, 5.74) is 7.21. The molecule has 0 unspecified atom stereocenters. The lowest BCUT2D eigenvalue weighted by Gasteiger charge is -2.08. The van der Waals surface area contributed by atoms with E-state index in [4.69, 9.17) is 10.5 Å². The molecular weight excluding hydrogens is 254 g/mol. The summed E-state index contributed by atoms with van der Waals surface area (Å²) < 4.78 is 5.21. The van der Waals surface area contributed by atoms with Crippen LogP contribution in [0.5, 0.6) is 0 Å². The highest BCUT2D eigenvalue weighted by molar-refractivity contribution is 7.16. The Bertz CT molecular complexity index is 515. The summed E-state index contributed by atoms with van der Waals surface area (Å²) in [4.78, 5) is 13.0. The maximum absolute atomic E-state index is 12.0. The van der Waals surface area contributed by atoms with E-state index in [1.807, 2.05) is 36.7 Å². The third kappa shape index (κ3) is 2.50. The van der Waals surface area contributed by atoms with Gasteiger partial charge < -0.3 is 10.5 Å². The van der Waals surface area contributed by atoms with Gasteiger partial charge in [-0.2, -0.15) is 0 Å². The quantitative estimate of drug-likeness (QED) is 0.864. The van der Waals surface area contributed by atoms with Crippen molar-refractivity contribution in [3.63, 3.8) is 0 Å². The fraction of sp³-hybridized carbons (Fsp3) is 0.250. The summed E-state index contributed by atoms with van der Waals surface area (Å²) in [6.07, 6.45) is -0.141. The number of ether oxygens (including phenoxy) is 1. The van der Waals surface area contributed by atoms with E-state index in [1.165, 1.54) is 11.3 Å². The summed E-state index contributed by atoms with van der Waals surface area (Å²) in [7, 11) is 0. The standard InChI is InChI=1S/C12H13NO2S2/c1-7(2)15-12(14)10-8(6-17-11(10)13)9-4-3-5-16-9/h3-7H,13H2,1-2H3. The monoisotopic (exact) mass is 267 g/mol. The van der Waals surface area contributed by atoms with Gasteiger partial charge in [0.2, 0.25) is 0 Å². The average molecular weight is 267 g/mol. The molecule has 0 radical (unpaired) electrons. The van der Waals surface area contributed by atoms with E-state index in [1.54, 1.807) is 11.3 Å². The zero-order valence-corrected chi connectivity index (χ0v) is 11.2. The minimum atomic E-state index is -0.345. The molecule has 0 atom stereocenters. The third-order valence-corrected chi connectivity index (χ3v) is 3.87. The van der Waals surface area contributed by atoms with Gasteiger partial charge in [0.25, 0.3) is 0 Å². The Morgan fingerprint density at radius 1 is 1.41 bits per heavy atom. The molecular formula is C12H13NO2S2. The van der Waals surface area contributed by atoms with Crippen LogP contribution in [0.1, 0.15) is 24.2 Å². The first kappa shape index (κ1) is 12.1. The Hall–Kier alpha value is -1.33. The van der Waals surface area contributed by atoms with Crippen LogP contribution in [-0.4, -0.2) is 12.1 Å². The fourth-order valence-corrected chi connectivity index (χ4v) is 3.09. The fourth-order valence-electron chi connectivity index (χ4n) is 1.47. The number of rotatable bonds is 3. The lowest BCUT2D eigenvalue weighted by Crippen LogP contribution is -2.12. The molecule has 3 nitrogen and oxygen atoms in total. The highest BCUT2D eigenvalue weighted by Crippen LogP contribution is 2.36. The molecule has 17 heavy (non-hydrogen) atoms. The van der Waals surface area contributed by atoms with Crippen molar-refractivity contribution in [1.29, 1.82) is 0 Å². The topological polar surface area (TPSA) is 52.3 Å². The van der Waals surface area contributed by atoms with Crippen LogP contribution in [0.4, 0.5) is 5.00 Å². The second-order valence-corrected chi connectivity index (χ2v) is 5.68. The van der Waals surface area contributed by atoms with Crippen molar-refractivity contribution in [3.8, 4) is 10.4 Å². The number of nitrogen functional groups attached to an aromatic ring is 1. The van der Waals surface area contributed by atoms with E-state index in [-0.39, 0.29) is 12.1 Å². The average Bonchev–Trinajstić information content (AvgIpc) is 2.84. The zero-order chi connectivity index (χ0) is 12.4. The van der Waals surface area contributed by atoms with Gasteiger partial charge in [0, 0.05) is 15.8 Å². The van der Waals surface area contributed by atoms with Crippen LogP contribution in [0.3, 0.4) is 0 Å². The van der Waals surface area contributed by atoms with Crippen LogP contribution in [-0.2, 0) is 4.74 Å². The van der Waals surface area contributed by atoms with Crippen molar-refractivity contribution < 1.29 is 9.53 Å². The summed E-state index contributed by atoms with van der Waals surface area (Å²) >= 11 is 2.95.